The van der Waals surface area contributed by atoms with E-state index in [0.29, 0.717) is 25.3 Å². The highest BCUT2D eigenvalue weighted by Gasteiger charge is 2.19. The molecular weight excluding hydrogens is 408 g/mol. The van der Waals surface area contributed by atoms with Crippen LogP contribution in [0.25, 0.3) is 0 Å². The van der Waals surface area contributed by atoms with Crippen molar-refractivity contribution in [2.24, 2.45) is 5.92 Å². The molecule has 5 nitrogen and oxygen atoms in total. The van der Waals surface area contributed by atoms with E-state index in [1.165, 1.54) is 18.4 Å². The Morgan fingerprint density at radius 2 is 1.77 bits per heavy atom. The maximum absolute atomic E-state index is 12.3. The minimum Gasteiger partial charge on any atom is -0.351 e. The molecule has 1 aliphatic rings. The van der Waals surface area contributed by atoms with Crippen LogP contribution in [0, 0.1) is 5.92 Å². The van der Waals surface area contributed by atoms with Gasteiger partial charge in [-0.2, -0.15) is 0 Å². The zero-order valence-electron chi connectivity index (χ0n) is 18.4. The molecule has 0 bridgehead atoms. The van der Waals surface area contributed by atoms with Crippen molar-refractivity contribution in [1.82, 2.24) is 10.2 Å². The molecular formula is C25H34N2O3S. The van der Waals surface area contributed by atoms with Crippen LogP contribution in [0.3, 0.4) is 0 Å². The number of sulfone groups is 1. The summed E-state index contributed by atoms with van der Waals surface area (Å²) < 4.78 is 24.7. The number of amides is 1. The van der Waals surface area contributed by atoms with Crippen molar-refractivity contribution in [2.75, 3.05) is 24.6 Å². The third kappa shape index (κ3) is 8.11. The van der Waals surface area contributed by atoms with Crippen molar-refractivity contribution in [3.8, 4) is 0 Å². The molecule has 2 aromatic rings. The molecule has 3 rings (SSSR count). The number of nitrogens with one attached hydrogen (secondary N) is 1. The van der Waals surface area contributed by atoms with Crippen molar-refractivity contribution in [1.29, 1.82) is 0 Å². The van der Waals surface area contributed by atoms with E-state index in [1.54, 1.807) is 0 Å². The number of aryl methyl sites for hydroxylation is 1. The lowest BCUT2D eigenvalue weighted by Crippen LogP contribution is -2.34. The average molecular weight is 443 g/mol. The monoisotopic (exact) mass is 442 g/mol. The molecule has 0 spiro atoms. The Labute approximate surface area is 186 Å². The summed E-state index contributed by atoms with van der Waals surface area (Å²) >= 11 is 0. The summed E-state index contributed by atoms with van der Waals surface area (Å²) in [7, 11) is -3.41. The van der Waals surface area contributed by atoms with Gasteiger partial charge in [0.2, 0.25) is 5.91 Å². The van der Waals surface area contributed by atoms with Gasteiger partial charge in [-0.3, -0.25) is 9.69 Å². The third-order valence-electron chi connectivity index (χ3n) is 5.84. The lowest BCUT2D eigenvalue weighted by molar-refractivity contribution is -0.118. The van der Waals surface area contributed by atoms with Crippen LogP contribution in [0.1, 0.15) is 42.9 Å². The first-order valence-corrected chi connectivity index (χ1v) is 13.0. The molecule has 168 valence electrons. The molecule has 1 aliphatic heterocycles. The number of rotatable bonds is 10. The Morgan fingerprint density at radius 3 is 2.52 bits per heavy atom. The first-order chi connectivity index (χ1) is 14.9. The highest BCUT2D eigenvalue weighted by molar-refractivity contribution is 7.92. The molecule has 1 atom stereocenters. The maximum atomic E-state index is 12.3. The van der Waals surface area contributed by atoms with Crippen LogP contribution in [-0.4, -0.2) is 43.8 Å². The van der Waals surface area contributed by atoms with E-state index in [2.05, 4.69) is 23.2 Å². The first-order valence-electron chi connectivity index (χ1n) is 11.2. The van der Waals surface area contributed by atoms with Gasteiger partial charge in [0, 0.05) is 19.6 Å². The molecule has 1 heterocycles. The molecule has 0 aliphatic carbocycles. The van der Waals surface area contributed by atoms with Gasteiger partial charge in [0.05, 0.1) is 5.75 Å². The van der Waals surface area contributed by atoms with Gasteiger partial charge in [-0.05, 0) is 54.8 Å². The normalized spacial score (nSPS) is 17.4. The summed E-state index contributed by atoms with van der Waals surface area (Å²) in [6, 6.07) is 17.9. The van der Waals surface area contributed by atoms with Crippen LogP contribution < -0.4 is 5.32 Å². The van der Waals surface area contributed by atoms with Gasteiger partial charge >= 0.3 is 0 Å². The van der Waals surface area contributed by atoms with E-state index >= 15 is 0 Å². The largest absolute Gasteiger partial charge is 0.351 e. The minimum absolute atomic E-state index is 0.0268. The molecule has 1 N–H and O–H groups in total. The van der Waals surface area contributed by atoms with Crippen molar-refractivity contribution >= 4 is 15.7 Å². The molecule has 0 aromatic heterocycles. The SMILES string of the molecule is CC1CCCN(Cc2ccccc2CNC(=O)CS(=O)(=O)CCCc2ccccc2)C1. The van der Waals surface area contributed by atoms with E-state index in [1.807, 2.05) is 48.5 Å². The molecule has 6 heteroatoms. The van der Waals surface area contributed by atoms with Crippen LogP contribution >= 0.6 is 0 Å². The lowest BCUT2D eigenvalue weighted by Gasteiger charge is -2.31. The molecule has 1 saturated heterocycles. The Balaban J connectivity index is 1.46. The van der Waals surface area contributed by atoms with Crippen LogP contribution in [-0.2, 0) is 34.1 Å². The fourth-order valence-electron chi connectivity index (χ4n) is 4.21. The van der Waals surface area contributed by atoms with Crippen molar-refractivity contribution < 1.29 is 13.2 Å². The summed E-state index contributed by atoms with van der Waals surface area (Å²) in [5, 5.41) is 2.81. The second kappa shape index (κ2) is 11.4. The van der Waals surface area contributed by atoms with Gasteiger partial charge in [-0.1, -0.05) is 61.5 Å². The summed E-state index contributed by atoms with van der Waals surface area (Å²) in [4.78, 5) is 14.8. The van der Waals surface area contributed by atoms with Gasteiger partial charge < -0.3 is 5.32 Å². The number of hydrogen-bond donors (Lipinski definition) is 1. The fraction of sp³-hybridized carbons (Fsp3) is 0.480. The standard InChI is InChI=1S/C25H34N2O3S/c1-21-9-7-15-27(18-21)19-24-14-6-5-13-23(24)17-26-25(28)20-31(29,30)16-8-12-22-10-3-2-4-11-22/h2-6,10-11,13-14,21H,7-9,12,15-20H2,1H3,(H,26,28). The van der Waals surface area contributed by atoms with E-state index in [-0.39, 0.29) is 5.75 Å². The quantitative estimate of drug-likeness (QED) is 0.611. The van der Waals surface area contributed by atoms with Crippen LogP contribution in [0.4, 0.5) is 0 Å². The Kier molecular flexibility index (Phi) is 8.67. The predicted octanol–water partition coefficient (Wildman–Crippen LogP) is 3.58. The number of carbonyl (C=O) groups excluding carboxylic acids is 1. The number of hydrogen-bond acceptors (Lipinski definition) is 4. The van der Waals surface area contributed by atoms with Gasteiger partial charge in [0.15, 0.2) is 9.84 Å². The number of piperidine rings is 1. The van der Waals surface area contributed by atoms with E-state index in [9.17, 15) is 13.2 Å². The van der Waals surface area contributed by atoms with E-state index < -0.39 is 21.5 Å². The smallest absolute Gasteiger partial charge is 0.235 e. The zero-order valence-corrected chi connectivity index (χ0v) is 19.2. The summed E-state index contributed by atoms with van der Waals surface area (Å²) in [6.45, 7) is 5.72. The summed E-state index contributed by atoms with van der Waals surface area (Å²) in [6.07, 6.45) is 3.73. The van der Waals surface area contributed by atoms with E-state index in [0.717, 1.165) is 30.8 Å². The molecule has 31 heavy (non-hydrogen) atoms. The molecule has 1 amide bonds. The molecule has 2 aromatic carbocycles. The fourth-order valence-corrected chi connectivity index (χ4v) is 5.44. The highest BCUT2D eigenvalue weighted by atomic mass is 32.2. The predicted molar refractivity (Wildman–Crippen MR) is 125 cm³/mol. The van der Waals surface area contributed by atoms with E-state index in [4.69, 9.17) is 0 Å². The average Bonchev–Trinajstić information content (AvgIpc) is 2.73. The van der Waals surface area contributed by atoms with Crippen molar-refractivity contribution in [3.05, 3.63) is 71.3 Å². The highest BCUT2D eigenvalue weighted by Crippen LogP contribution is 2.19. The number of nitrogens with zero attached hydrogens (tertiary/aromatic N) is 1. The van der Waals surface area contributed by atoms with Crippen LogP contribution in [0.2, 0.25) is 0 Å². The molecule has 0 saturated carbocycles. The van der Waals surface area contributed by atoms with Crippen molar-refractivity contribution in [2.45, 2.75) is 45.7 Å². The third-order valence-corrected chi connectivity index (χ3v) is 7.46. The topological polar surface area (TPSA) is 66.5 Å². The van der Waals surface area contributed by atoms with Crippen LogP contribution in [0.15, 0.2) is 54.6 Å². The number of likely N-dealkylation sites (tertiary alicyclic amines) is 1. The second-order valence-electron chi connectivity index (χ2n) is 8.71. The summed E-state index contributed by atoms with van der Waals surface area (Å²) in [5.74, 6) is -0.138. The first kappa shape index (κ1) is 23.5. The van der Waals surface area contributed by atoms with Gasteiger partial charge in [0.25, 0.3) is 0 Å². The number of carbonyl (C=O) groups is 1. The molecule has 0 radical (unpaired) electrons. The Morgan fingerprint density at radius 1 is 1.06 bits per heavy atom. The van der Waals surface area contributed by atoms with Gasteiger partial charge in [-0.25, -0.2) is 8.42 Å². The Hall–Kier alpha value is -2.18. The van der Waals surface area contributed by atoms with Crippen molar-refractivity contribution in [3.63, 3.8) is 0 Å². The lowest BCUT2D eigenvalue weighted by atomic mass is 9.99. The minimum atomic E-state index is -3.41. The van der Waals surface area contributed by atoms with Gasteiger partial charge in [0.1, 0.15) is 5.75 Å². The zero-order chi connectivity index (χ0) is 22.1. The number of benzene rings is 2. The molecule has 1 unspecified atom stereocenters. The molecule has 1 fully saturated rings. The second-order valence-corrected chi connectivity index (χ2v) is 10.9. The Bertz CT molecular complexity index is 944. The summed E-state index contributed by atoms with van der Waals surface area (Å²) in [5.41, 5.74) is 3.36. The maximum Gasteiger partial charge on any atom is 0.235 e. The van der Waals surface area contributed by atoms with Gasteiger partial charge in [-0.15, -0.1) is 0 Å². The van der Waals surface area contributed by atoms with Crippen LogP contribution in [0.5, 0.6) is 0 Å².